The molecule has 0 saturated heterocycles. The molecule has 0 radical (unpaired) electrons. The topological polar surface area (TPSA) is 46.1 Å². The van der Waals surface area contributed by atoms with Crippen LogP contribution in [0.3, 0.4) is 0 Å². The SMILES string of the molecule is CC1(C)[C@H]2CC[C@@]1(C)[C@@H]([NH2+]C[C@@H](O)COCc1ccc(Cl)cc1)C2. The molecule has 3 nitrogen and oxygen atoms in total. The van der Waals surface area contributed by atoms with Gasteiger partial charge in [0.25, 0.3) is 0 Å². The molecule has 2 saturated carbocycles. The standard InChI is InChI=1S/C20H30ClNO2/c1-19(2)15-8-9-20(19,3)18(10-15)22-11-17(23)13-24-12-14-4-6-16(21)7-5-14/h4-7,15,17-18,22-23H,8-13H2,1-3H3/p+1/t15-,17+,18-,20-/m0/s1. The number of aliphatic hydroxyl groups excluding tert-OH is 1. The average Bonchev–Trinajstić information content (AvgIpc) is 2.88. The van der Waals surface area contributed by atoms with Gasteiger partial charge in [-0.25, -0.2) is 0 Å². The quantitative estimate of drug-likeness (QED) is 0.792. The first-order valence-corrected chi connectivity index (χ1v) is 9.54. The van der Waals surface area contributed by atoms with E-state index in [4.69, 9.17) is 16.3 Å². The summed E-state index contributed by atoms with van der Waals surface area (Å²) in [6.45, 7) is 8.95. The second kappa shape index (κ2) is 6.95. The van der Waals surface area contributed by atoms with E-state index in [2.05, 4.69) is 26.1 Å². The number of ether oxygens (including phenoxy) is 1. The van der Waals surface area contributed by atoms with Gasteiger partial charge in [-0.2, -0.15) is 0 Å². The number of hydrogen-bond donors (Lipinski definition) is 2. The Labute approximate surface area is 150 Å². The van der Waals surface area contributed by atoms with Crippen molar-refractivity contribution in [1.29, 1.82) is 0 Å². The lowest BCUT2D eigenvalue weighted by Gasteiger charge is -2.37. The Bertz CT molecular complexity index is 559. The third kappa shape index (κ3) is 3.37. The van der Waals surface area contributed by atoms with Gasteiger partial charge in [-0.05, 0) is 41.9 Å². The molecule has 2 fully saturated rings. The molecule has 1 aromatic rings. The van der Waals surface area contributed by atoms with Crippen LogP contribution in [0.15, 0.2) is 24.3 Å². The van der Waals surface area contributed by atoms with Crippen LogP contribution in [0, 0.1) is 16.7 Å². The summed E-state index contributed by atoms with van der Waals surface area (Å²) in [5.41, 5.74) is 1.92. The first-order valence-electron chi connectivity index (χ1n) is 9.16. The molecule has 134 valence electrons. The average molecular weight is 353 g/mol. The summed E-state index contributed by atoms with van der Waals surface area (Å²) in [4.78, 5) is 0. The van der Waals surface area contributed by atoms with Crippen LogP contribution in [0.4, 0.5) is 0 Å². The predicted octanol–water partition coefficient (Wildman–Crippen LogP) is 3.00. The number of rotatable bonds is 7. The van der Waals surface area contributed by atoms with E-state index in [-0.39, 0.29) is 0 Å². The van der Waals surface area contributed by atoms with Crippen LogP contribution in [0.2, 0.25) is 5.02 Å². The van der Waals surface area contributed by atoms with Crippen molar-refractivity contribution in [3.63, 3.8) is 0 Å². The highest BCUT2D eigenvalue weighted by molar-refractivity contribution is 6.30. The Kier molecular flexibility index (Phi) is 5.27. The highest BCUT2D eigenvalue weighted by atomic mass is 35.5. The van der Waals surface area contributed by atoms with Crippen LogP contribution in [-0.4, -0.2) is 30.4 Å². The number of fused-ring (bicyclic) bond motifs is 2. The highest BCUT2D eigenvalue weighted by Gasteiger charge is 2.63. The van der Waals surface area contributed by atoms with Gasteiger partial charge in [0.2, 0.25) is 0 Å². The van der Waals surface area contributed by atoms with Crippen molar-refractivity contribution >= 4 is 11.6 Å². The minimum atomic E-state index is -0.414. The molecule has 3 N–H and O–H groups in total. The molecule has 0 spiro atoms. The lowest BCUT2D eigenvalue weighted by Crippen LogP contribution is -2.94. The van der Waals surface area contributed by atoms with E-state index in [0.717, 1.165) is 23.0 Å². The van der Waals surface area contributed by atoms with Crippen molar-refractivity contribution in [2.75, 3.05) is 13.2 Å². The normalized spacial score (nSPS) is 32.2. The van der Waals surface area contributed by atoms with Crippen LogP contribution in [0.5, 0.6) is 0 Å². The lowest BCUT2D eigenvalue weighted by molar-refractivity contribution is -0.707. The summed E-state index contributed by atoms with van der Waals surface area (Å²) >= 11 is 5.87. The van der Waals surface area contributed by atoms with Crippen molar-refractivity contribution < 1.29 is 15.2 Å². The van der Waals surface area contributed by atoms with Gasteiger partial charge in [-0.1, -0.05) is 44.5 Å². The Morgan fingerprint density at radius 2 is 2.00 bits per heavy atom. The molecule has 0 unspecified atom stereocenters. The molecule has 0 aromatic heterocycles. The maximum Gasteiger partial charge on any atom is 0.126 e. The maximum atomic E-state index is 10.2. The Morgan fingerprint density at radius 3 is 2.58 bits per heavy atom. The Balaban J connectivity index is 1.40. The zero-order valence-corrected chi connectivity index (χ0v) is 15.9. The fourth-order valence-corrected chi connectivity index (χ4v) is 5.03. The fourth-order valence-electron chi connectivity index (χ4n) is 4.90. The summed E-state index contributed by atoms with van der Waals surface area (Å²) in [5.74, 6) is 0.849. The van der Waals surface area contributed by atoms with Gasteiger partial charge < -0.3 is 15.2 Å². The van der Waals surface area contributed by atoms with Crippen molar-refractivity contribution in [3.8, 4) is 0 Å². The summed E-state index contributed by atoms with van der Waals surface area (Å²) in [6.07, 6.45) is 3.58. The minimum absolute atomic E-state index is 0.384. The van der Waals surface area contributed by atoms with Crippen molar-refractivity contribution in [2.45, 2.75) is 58.8 Å². The molecular weight excluding hydrogens is 322 g/mol. The summed E-state index contributed by atoms with van der Waals surface area (Å²) in [6, 6.07) is 8.28. The van der Waals surface area contributed by atoms with Crippen LogP contribution >= 0.6 is 11.6 Å². The minimum Gasteiger partial charge on any atom is -0.385 e. The maximum absolute atomic E-state index is 10.2. The molecule has 3 rings (SSSR count). The molecule has 0 heterocycles. The van der Waals surface area contributed by atoms with E-state index in [1.807, 2.05) is 24.3 Å². The molecule has 2 bridgehead atoms. The van der Waals surface area contributed by atoms with Gasteiger partial charge in [-0.3, -0.25) is 0 Å². The van der Waals surface area contributed by atoms with Crippen molar-refractivity contribution in [2.24, 2.45) is 16.7 Å². The molecule has 2 aliphatic rings. The van der Waals surface area contributed by atoms with Gasteiger partial charge in [0.05, 0.1) is 19.3 Å². The number of hydrogen-bond acceptors (Lipinski definition) is 2. The number of aliphatic hydroxyl groups is 1. The second-order valence-electron chi connectivity index (χ2n) is 8.48. The first kappa shape index (κ1) is 18.2. The molecule has 24 heavy (non-hydrogen) atoms. The van der Waals surface area contributed by atoms with E-state index in [9.17, 15) is 5.11 Å². The molecule has 0 aliphatic heterocycles. The summed E-state index contributed by atoms with van der Waals surface area (Å²) < 4.78 is 5.65. The van der Waals surface area contributed by atoms with Gasteiger partial charge >= 0.3 is 0 Å². The van der Waals surface area contributed by atoms with Crippen LogP contribution < -0.4 is 5.32 Å². The molecule has 0 amide bonds. The van der Waals surface area contributed by atoms with E-state index >= 15 is 0 Å². The number of quaternary nitrogens is 1. The Hall–Kier alpha value is -0.610. The number of benzene rings is 1. The van der Waals surface area contributed by atoms with E-state index in [0.29, 0.717) is 30.1 Å². The zero-order chi connectivity index (χ0) is 17.4. The van der Waals surface area contributed by atoms with Crippen LogP contribution in [0.1, 0.15) is 45.6 Å². The summed E-state index contributed by atoms with van der Waals surface area (Å²) in [7, 11) is 0. The Morgan fingerprint density at radius 1 is 1.29 bits per heavy atom. The van der Waals surface area contributed by atoms with Crippen molar-refractivity contribution in [1.82, 2.24) is 0 Å². The van der Waals surface area contributed by atoms with Crippen LogP contribution in [-0.2, 0) is 11.3 Å². The van der Waals surface area contributed by atoms with Gasteiger partial charge in [0.15, 0.2) is 0 Å². The second-order valence-corrected chi connectivity index (χ2v) is 8.92. The highest BCUT2D eigenvalue weighted by Crippen LogP contribution is 2.64. The van der Waals surface area contributed by atoms with E-state index < -0.39 is 6.10 Å². The van der Waals surface area contributed by atoms with Gasteiger partial charge in [0, 0.05) is 16.9 Å². The van der Waals surface area contributed by atoms with Crippen molar-refractivity contribution in [3.05, 3.63) is 34.9 Å². The molecule has 4 heteroatoms. The third-order valence-corrected chi connectivity index (χ3v) is 7.30. The largest absolute Gasteiger partial charge is 0.385 e. The molecule has 4 atom stereocenters. The van der Waals surface area contributed by atoms with Crippen LogP contribution in [0.25, 0.3) is 0 Å². The molecule has 1 aromatic carbocycles. The van der Waals surface area contributed by atoms with Gasteiger partial charge in [-0.15, -0.1) is 0 Å². The molecule has 2 aliphatic carbocycles. The lowest BCUT2D eigenvalue weighted by atomic mass is 9.69. The fraction of sp³-hybridized carbons (Fsp3) is 0.700. The van der Waals surface area contributed by atoms with E-state index in [1.165, 1.54) is 19.3 Å². The monoisotopic (exact) mass is 352 g/mol. The summed E-state index contributed by atoms with van der Waals surface area (Å²) in [5, 5.41) is 13.3. The zero-order valence-electron chi connectivity index (χ0n) is 15.1. The van der Waals surface area contributed by atoms with E-state index in [1.54, 1.807) is 0 Å². The predicted molar refractivity (Wildman–Crippen MR) is 96.9 cm³/mol. The number of halogens is 1. The molecular formula is C20H31ClNO2+. The smallest absolute Gasteiger partial charge is 0.126 e. The third-order valence-electron chi connectivity index (χ3n) is 7.05. The first-order chi connectivity index (χ1) is 11.3. The number of nitrogens with two attached hydrogens (primary N) is 1. The van der Waals surface area contributed by atoms with Gasteiger partial charge in [0.1, 0.15) is 12.6 Å².